The van der Waals surface area contributed by atoms with Crippen molar-refractivity contribution in [3.63, 3.8) is 0 Å². The Bertz CT molecular complexity index is 369. The number of carbonyl (C=O) groups excluding carboxylic acids is 1. The third-order valence-electron chi connectivity index (χ3n) is 1.61. The molecule has 72 valence electrons. The molecule has 0 aliphatic carbocycles. The number of nitrogens with zero attached hydrogens (tertiary/aromatic N) is 1. The van der Waals surface area contributed by atoms with E-state index in [0.717, 1.165) is 5.56 Å². The van der Waals surface area contributed by atoms with Crippen LogP contribution in [0.5, 0.6) is 5.75 Å². The fourth-order valence-corrected chi connectivity index (χ4v) is 0.919. The van der Waals surface area contributed by atoms with E-state index in [1.807, 2.05) is 19.1 Å². The summed E-state index contributed by atoms with van der Waals surface area (Å²) < 4.78 is 4.95. The molecule has 0 aliphatic heterocycles. The third-order valence-corrected chi connectivity index (χ3v) is 1.61. The first kappa shape index (κ1) is 10.1. The number of ether oxygens (including phenoxy) is 1. The number of aryl methyl sites for hydroxylation is 1. The lowest BCUT2D eigenvalue weighted by atomic mass is 10.2. The average Bonchev–Trinajstić information content (AvgIpc) is 2.18. The molecule has 1 aromatic rings. The number of para-hydroxylation sites is 1. The molecule has 0 radical (unpaired) electrons. The Labute approximate surface area is 82.1 Å². The minimum absolute atomic E-state index is 0.0509. The van der Waals surface area contributed by atoms with Gasteiger partial charge in [-0.3, -0.25) is 0 Å². The number of hydrogen-bond acceptors (Lipinski definition) is 3. The summed E-state index contributed by atoms with van der Waals surface area (Å²) in [6, 6.07) is 8.96. The second-order valence-electron chi connectivity index (χ2n) is 2.67. The van der Waals surface area contributed by atoms with Crippen LogP contribution in [-0.4, -0.2) is 12.6 Å². The second kappa shape index (κ2) is 4.87. The molecule has 0 atom stereocenters. The van der Waals surface area contributed by atoms with E-state index in [1.54, 1.807) is 18.2 Å². The second-order valence-corrected chi connectivity index (χ2v) is 2.67. The maximum atomic E-state index is 11.0. The maximum absolute atomic E-state index is 11.0. The number of benzene rings is 1. The molecule has 0 saturated carbocycles. The van der Waals surface area contributed by atoms with Gasteiger partial charge in [-0.05, 0) is 18.6 Å². The van der Waals surface area contributed by atoms with Gasteiger partial charge < -0.3 is 10.1 Å². The number of amides is 1. The van der Waals surface area contributed by atoms with Crippen LogP contribution in [0, 0.1) is 18.3 Å². The Balaban J connectivity index is 2.57. The zero-order valence-electron chi connectivity index (χ0n) is 7.78. The van der Waals surface area contributed by atoms with E-state index >= 15 is 0 Å². The van der Waals surface area contributed by atoms with E-state index in [9.17, 15) is 4.79 Å². The van der Waals surface area contributed by atoms with Crippen LogP contribution in [0.2, 0.25) is 0 Å². The number of nitriles is 1. The fourth-order valence-electron chi connectivity index (χ4n) is 0.919. The first-order valence-electron chi connectivity index (χ1n) is 4.12. The van der Waals surface area contributed by atoms with Gasteiger partial charge in [0, 0.05) is 0 Å². The smallest absolute Gasteiger partial charge is 0.410 e. The Morgan fingerprint density at radius 2 is 2.29 bits per heavy atom. The van der Waals surface area contributed by atoms with Crippen LogP contribution >= 0.6 is 0 Å². The van der Waals surface area contributed by atoms with E-state index in [4.69, 9.17) is 10.00 Å². The quantitative estimate of drug-likeness (QED) is 0.720. The molecule has 0 heterocycles. The first-order valence-corrected chi connectivity index (χ1v) is 4.12. The summed E-state index contributed by atoms with van der Waals surface area (Å²) >= 11 is 0. The molecule has 14 heavy (non-hydrogen) atoms. The van der Waals surface area contributed by atoms with Crippen molar-refractivity contribution in [3.8, 4) is 11.8 Å². The lowest BCUT2D eigenvalue weighted by Gasteiger charge is -2.05. The Morgan fingerprint density at radius 3 is 2.93 bits per heavy atom. The average molecular weight is 190 g/mol. The van der Waals surface area contributed by atoms with Gasteiger partial charge in [0.1, 0.15) is 12.3 Å². The molecule has 0 saturated heterocycles. The van der Waals surface area contributed by atoms with Crippen molar-refractivity contribution in [2.45, 2.75) is 6.92 Å². The highest BCUT2D eigenvalue weighted by atomic mass is 16.6. The summed E-state index contributed by atoms with van der Waals surface area (Å²) in [6.07, 6.45) is -0.610. The van der Waals surface area contributed by atoms with Crippen molar-refractivity contribution in [1.29, 1.82) is 5.26 Å². The van der Waals surface area contributed by atoms with E-state index in [-0.39, 0.29) is 6.54 Å². The topological polar surface area (TPSA) is 62.1 Å². The molecule has 1 aromatic carbocycles. The zero-order chi connectivity index (χ0) is 10.4. The van der Waals surface area contributed by atoms with Gasteiger partial charge in [0.15, 0.2) is 0 Å². The molecule has 0 bridgehead atoms. The highest BCUT2D eigenvalue weighted by molar-refractivity contribution is 5.70. The van der Waals surface area contributed by atoms with Crippen molar-refractivity contribution in [3.05, 3.63) is 29.8 Å². The van der Waals surface area contributed by atoms with Gasteiger partial charge in [-0.15, -0.1) is 0 Å². The van der Waals surface area contributed by atoms with Gasteiger partial charge in [0.05, 0.1) is 6.07 Å². The van der Waals surface area contributed by atoms with Gasteiger partial charge in [-0.25, -0.2) is 4.79 Å². The third kappa shape index (κ3) is 2.79. The molecule has 1 amide bonds. The summed E-state index contributed by atoms with van der Waals surface area (Å²) in [5, 5.41) is 10.5. The lowest BCUT2D eigenvalue weighted by Crippen LogP contribution is -2.27. The van der Waals surface area contributed by atoms with E-state index in [1.165, 1.54) is 0 Å². The van der Waals surface area contributed by atoms with Crippen molar-refractivity contribution in [2.75, 3.05) is 6.54 Å². The lowest BCUT2D eigenvalue weighted by molar-refractivity contribution is 0.201. The van der Waals surface area contributed by atoms with Gasteiger partial charge in [-0.2, -0.15) is 5.26 Å². The molecule has 4 heteroatoms. The SMILES string of the molecule is Cc1ccccc1OC(=O)NCC#N. The molecule has 0 aromatic heterocycles. The molecule has 4 nitrogen and oxygen atoms in total. The number of nitrogens with one attached hydrogen (secondary N) is 1. The molecule has 1 rings (SSSR count). The molecule has 0 fully saturated rings. The molecule has 0 aliphatic rings. The van der Waals surface area contributed by atoms with Crippen LogP contribution in [0.15, 0.2) is 24.3 Å². The van der Waals surface area contributed by atoms with E-state index in [2.05, 4.69) is 5.32 Å². The Kier molecular flexibility index (Phi) is 3.50. The number of hydrogen-bond donors (Lipinski definition) is 1. The van der Waals surface area contributed by atoms with Crippen LogP contribution in [0.3, 0.4) is 0 Å². The highest BCUT2D eigenvalue weighted by Gasteiger charge is 2.04. The maximum Gasteiger partial charge on any atom is 0.413 e. The summed E-state index contributed by atoms with van der Waals surface area (Å²) in [5.74, 6) is 0.503. The molecular weight excluding hydrogens is 180 g/mol. The summed E-state index contributed by atoms with van der Waals surface area (Å²) in [4.78, 5) is 11.0. The highest BCUT2D eigenvalue weighted by Crippen LogP contribution is 2.15. The minimum atomic E-state index is -0.610. The first-order chi connectivity index (χ1) is 6.74. The predicted molar refractivity (Wildman–Crippen MR) is 50.8 cm³/mol. The van der Waals surface area contributed by atoms with Crippen LogP contribution in [0.25, 0.3) is 0 Å². The van der Waals surface area contributed by atoms with Gasteiger partial charge >= 0.3 is 6.09 Å². The number of rotatable bonds is 2. The molecule has 1 N–H and O–H groups in total. The minimum Gasteiger partial charge on any atom is -0.410 e. The normalized spacial score (nSPS) is 8.86. The van der Waals surface area contributed by atoms with Crippen LogP contribution in [-0.2, 0) is 0 Å². The van der Waals surface area contributed by atoms with Gasteiger partial charge in [-0.1, -0.05) is 18.2 Å². The van der Waals surface area contributed by atoms with E-state index < -0.39 is 6.09 Å². The van der Waals surface area contributed by atoms with E-state index in [0.29, 0.717) is 5.75 Å². The van der Waals surface area contributed by atoms with Crippen molar-refractivity contribution in [2.24, 2.45) is 0 Å². The molecule has 0 unspecified atom stereocenters. The Morgan fingerprint density at radius 1 is 1.57 bits per heavy atom. The monoisotopic (exact) mass is 190 g/mol. The number of carbonyl (C=O) groups is 1. The summed E-state index contributed by atoms with van der Waals surface area (Å²) in [6.45, 7) is 1.79. The standard InChI is InChI=1S/C10H10N2O2/c1-8-4-2-3-5-9(8)14-10(13)12-7-6-11/h2-5H,7H2,1H3,(H,12,13). The predicted octanol–water partition coefficient (Wildman–Crippen LogP) is 1.61. The zero-order valence-corrected chi connectivity index (χ0v) is 7.78. The van der Waals surface area contributed by atoms with Crippen molar-refractivity contribution >= 4 is 6.09 Å². The van der Waals surface area contributed by atoms with Crippen molar-refractivity contribution < 1.29 is 9.53 Å². The molecular formula is C10H10N2O2. The Hall–Kier alpha value is -2.02. The fraction of sp³-hybridized carbons (Fsp3) is 0.200. The van der Waals surface area contributed by atoms with Gasteiger partial charge in [0.25, 0.3) is 0 Å². The largest absolute Gasteiger partial charge is 0.413 e. The summed E-state index contributed by atoms with van der Waals surface area (Å²) in [5.41, 5.74) is 0.875. The van der Waals surface area contributed by atoms with Crippen LogP contribution in [0.4, 0.5) is 4.79 Å². The van der Waals surface area contributed by atoms with Crippen molar-refractivity contribution in [1.82, 2.24) is 5.32 Å². The summed E-state index contributed by atoms with van der Waals surface area (Å²) in [7, 11) is 0. The van der Waals surface area contributed by atoms with Gasteiger partial charge in [0.2, 0.25) is 0 Å². The van der Waals surface area contributed by atoms with Crippen LogP contribution in [0.1, 0.15) is 5.56 Å². The van der Waals surface area contributed by atoms with Crippen LogP contribution < -0.4 is 10.1 Å². The molecule has 0 spiro atoms.